The van der Waals surface area contributed by atoms with Gasteiger partial charge in [-0.05, 0) is 57.4 Å². The molecule has 0 spiro atoms. The Morgan fingerprint density at radius 2 is 1.97 bits per heavy atom. The largest absolute Gasteiger partial charge is 0.488 e. The van der Waals surface area contributed by atoms with E-state index in [1.807, 2.05) is 12.1 Å². The van der Waals surface area contributed by atoms with Crippen LogP contribution in [0.4, 0.5) is 5.69 Å². The molecule has 3 rings (SSSR count). The second-order valence-corrected chi connectivity index (χ2v) is 7.11. The van der Waals surface area contributed by atoms with Crippen LogP contribution < -0.4 is 10.3 Å². The molecular formula is C19H13BrClN3O5. The number of benzene rings is 2. The van der Waals surface area contributed by atoms with Crippen molar-refractivity contribution < 1.29 is 14.8 Å². The summed E-state index contributed by atoms with van der Waals surface area (Å²) in [6, 6.07) is 12.7. The summed E-state index contributed by atoms with van der Waals surface area (Å²) in [5.74, 6) is -0.320. The molecular weight excluding hydrogens is 466 g/mol. The first kappa shape index (κ1) is 20.6. The third-order valence-electron chi connectivity index (χ3n) is 3.77. The Labute approximate surface area is 177 Å². The van der Waals surface area contributed by atoms with Crippen LogP contribution in [0.2, 0.25) is 5.02 Å². The van der Waals surface area contributed by atoms with Crippen LogP contribution in [-0.4, -0.2) is 20.0 Å². The van der Waals surface area contributed by atoms with Crippen LogP contribution >= 0.6 is 27.5 Å². The highest BCUT2D eigenvalue weighted by atomic mass is 79.9. The van der Waals surface area contributed by atoms with E-state index in [-0.39, 0.29) is 5.82 Å². The van der Waals surface area contributed by atoms with Crippen molar-refractivity contribution in [3.05, 3.63) is 89.4 Å². The van der Waals surface area contributed by atoms with Gasteiger partial charge in [-0.3, -0.25) is 14.9 Å². The van der Waals surface area contributed by atoms with Crippen molar-refractivity contribution >= 4 is 45.4 Å². The summed E-state index contributed by atoms with van der Waals surface area (Å²) in [6.07, 6.45) is 3.04. The number of aromatic amines is 1. The summed E-state index contributed by atoms with van der Waals surface area (Å²) < 4.78 is 6.49. The van der Waals surface area contributed by atoms with Gasteiger partial charge in [0.25, 0.3) is 5.88 Å². The van der Waals surface area contributed by atoms with E-state index < -0.39 is 22.0 Å². The van der Waals surface area contributed by atoms with Crippen molar-refractivity contribution in [3.8, 4) is 11.6 Å². The van der Waals surface area contributed by atoms with Gasteiger partial charge in [-0.15, -0.1) is 0 Å². The molecule has 0 radical (unpaired) electrons. The number of hydrogen-bond donors (Lipinski definition) is 2. The fourth-order valence-electron chi connectivity index (χ4n) is 2.37. The fourth-order valence-corrected chi connectivity index (χ4v) is 3.01. The molecule has 0 amide bonds. The molecule has 0 aliphatic carbocycles. The lowest BCUT2D eigenvalue weighted by Crippen LogP contribution is -2.14. The van der Waals surface area contributed by atoms with E-state index in [9.17, 15) is 20.0 Å². The Morgan fingerprint density at radius 1 is 1.24 bits per heavy atom. The number of nitrogens with one attached hydrogen (secondary N) is 1. The molecule has 2 N–H and O–H groups in total. The van der Waals surface area contributed by atoms with Gasteiger partial charge in [0.05, 0.1) is 9.40 Å². The van der Waals surface area contributed by atoms with Crippen LogP contribution in [-0.2, 0) is 6.61 Å². The van der Waals surface area contributed by atoms with Gasteiger partial charge in [-0.2, -0.15) is 4.98 Å². The molecule has 29 heavy (non-hydrogen) atoms. The van der Waals surface area contributed by atoms with Crippen LogP contribution in [0.1, 0.15) is 17.0 Å². The Kier molecular flexibility index (Phi) is 6.30. The van der Waals surface area contributed by atoms with E-state index >= 15 is 0 Å². The zero-order chi connectivity index (χ0) is 21.0. The van der Waals surface area contributed by atoms with Gasteiger partial charge in [-0.1, -0.05) is 35.9 Å². The van der Waals surface area contributed by atoms with Crippen LogP contribution in [0.5, 0.6) is 11.6 Å². The molecule has 8 nitrogen and oxygen atoms in total. The smallest absolute Gasteiger partial charge is 0.395 e. The highest BCUT2D eigenvalue weighted by molar-refractivity contribution is 9.10. The molecule has 0 fully saturated rings. The van der Waals surface area contributed by atoms with E-state index in [2.05, 4.69) is 25.9 Å². The summed E-state index contributed by atoms with van der Waals surface area (Å²) in [5, 5.41) is 20.9. The molecule has 0 saturated carbocycles. The van der Waals surface area contributed by atoms with Crippen molar-refractivity contribution in [1.29, 1.82) is 0 Å². The summed E-state index contributed by atoms with van der Waals surface area (Å²) in [7, 11) is 0. The number of nitro groups is 1. The maximum Gasteiger partial charge on any atom is 0.395 e. The minimum absolute atomic E-state index is 0.0164. The SMILES string of the molecule is O=c1[nH]c(/C=C\c2ccc(OCc3ccc(Cl)cc3)c(Br)c2)nc(O)c1[N+](=O)[O-]. The Bertz CT molecular complexity index is 1150. The standard InChI is InChI=1S/C19H13BrClN3O5/c20-14-9-11(3-7-15(14)29-10-12-1-5-13(21)6-2-12)4-8-16-22-18(25)17(24(27)28)19(26)23-16/h1-9H,10H2,(H2,22,23,25,26)/b8-4-. The highest BCUT2D eigenvalue weighted by Gasteiger charge is 2.21. The summed E-state index contributed by atoms with van der Waals surface area (Å²) in [6.45, 7) is 0.373. The normalized spacial score (nSPS) is 11.0. The van der Waals surface area contributed by atoms with E-state index in [1.54, 1.807) is 36.4 Å². The van der Waals surface area contributed by atoms with Gasteiger partial charge >= 0.3 is 11.2 Å². The van der Waals surface area contributed by atoms with E-state index in [1.165, 1.54) is 6.08 Å². The Balaban J connectivity index is 1.72. The van der Waals surface area contributed by atoms with Crippen molar-refractivity contribution in [2.75, 3.05) is 0 Å². The van der Waals surface area contributed by atoms with Crippen LogP contribution in [0, 0.1) is 10.1 Å². The molecule has 1 heterocycles. The van der Waals surface area contributed by atoms with Gasteiger partial charge in [0, 0.05) is 5.02 Å². The molecule has 148 valence electrons. The predicted molar refractivity (Wildman–Crippen MR) is 112 cm³/mol. The van der Waals surface area contributed by atoms with E-state index in [4.69, 9.17) is 16.3 Å². The molecule has 0 unspecified atom stereocenters. The topological polar surface area (TPSA) is 118 Å². The lowest BCUT2D eigenvalue weighted by molar-refractivity contribution is -0.387. The number of nitrogens with zero attached hydrogens (tertiary/aromatic N) is 2. The first-order chi connectivity index (χ1) is 13.8. The lowest BCUT2D eigenvalue weighted by Gasteiger charge is -2.09. The predicted octanol–water partition coefficient (Wildman–Crippen LogP) is 4.55. The fraction of sp³-hybridized carbons (Fsp3) is 0.0526. The van der Waals surface area contributed by atoms with Crippen molar-refractivity contribution in [2.45, 2.75) is 6.61 Å². The minimum atomic E-state index is -1.03. The number of rotatable bonds is 6. The number of aromatic hydroxyl groups is 1. The zero-order valence-electron chi connectivity index (χ0n) is 14.6. The van der Waals surface area contributed by atoms with Crippen LogP contribution in [0.3, 0.4) is 0 Å². The zero-order valence-corrected chi connectivity index (χ0v) is 17.0. The maximum atomic E-state index is 11.7. The summed E-state index contributed by atoms with van der Waals surface area (Å²) in [5.41, 5.74) is -0.309. The average Bonchev–Trinajstić information content (AvgIpc) is 2.66. The summed E-state index contributed by atoms with van der Waals surface area (Å²) >= 11 is 9.30. The number of aromatic nitrogens is 2. The van der Waals surface area contributed by atoms with Crippen molar-refractivity contribution in [2.24, 2.45) is 0 Å². The molecule has 0 atom stereocenters. The second-order valence-electron chi connectivity index (χ2n) is 5.82. The van der Waals surface area contributed by atoms with Gasteiger partial charge in [0.15, 0.2) is 0 Å². The van der Waals surface area contributed by atoms with E-state index in [0.717, 1.165) is 11.1 Å². The molecule has 0 saturated heterocycles. The molecule has 3 aromatic rings. The van der Waals surface area contributed by atoms with Gasteiger partial charge < -0.3 is 14.8 Å². The summed E-state index contributed by atoms with van der Waals surface area (Å²) in [4.78, 5) is 27.2. The Morgan fingerprint density at radius 3 is 2.59 bits per heavy atom. The number of H-pyrrole nitrogens is 1. The van der Waals surface area contributed by atoms with Gasteiger partial charge in [0.1, 0.15) is 18.2 Å². The quantitative estimate of drug-likeness (QED) is 0.396. The van der Waals surface area contributed by atoms with Crippen molar-refractivity contribution in [1.82, 2.24) is 9.97 Å². The monoisotopic (exact) mass is 477 g/mol. The lowest BCUT2D eigenvalue weighted by atomic mass is 10.2. The molecule has 0 aliphatic rings. The van der Waals surface area contributed by atoms with Gasteiger partial charge in [0.2, 0.25) is 0 Å². The van der Waals surface area contributed by atoms with E-state index in [0.29, 0.717) is 21.9 Å². The van der Waals surface area contributed by atoms with Crippen LogP contribution in [0.25, 0.3) is 12.2 Å². The highest BCUT2D eigenvalue weighted by Crippen LogP contribution is 2.28. The van der Waals surface area contributed by atoms with Gasteiger partial charge in [-0.25, -0.2) is 0 Å². The average molecular weight is 479 g/mol. The maximum absolute atomic E-state index is 11.7. The second kappa shape index (κ2) is 8.89. The molecule has 10 heteroatoms. The van der Waals surface area contributed by atoms with Crippen molar-refractivity contribution in [3.63, 3.8) is 0 Å². The minimum Gasteiger partial charge on any atom is -0.488 e. The Hall–Kier alpha value is -3.17. The number of ether oxygens (including phenoxy) is 1. The molecule has 1 aromatic heterocycles. The first-order valence-corrected chi connectivity index (χ1v) is 9.33. The third kappa shape index (κ3) is 5.21. The molecule has 0 bridgehead atoms. The molecule has 2 aromatic carbocycles. The third-order valence-corrected chi connectivity index (χ3v) is 4.65. The number of hydrogen-bond acceptors (Lipinski definition) is 6. The first-order valence-electron chi connectivity index (χ1n) is 8.16. The number of halogens is 2. The van der Waals surface area contributed by atoms with Crippen LogP contribution in [0.15, 0.2) is 51.7 Å². The molecule has 0 aliphatic heterocycles.